The summed E-state index contributed by atoms with van der Waals surface area (Å²) in [5.74, 6) is -0.0484. The average molecular weight is 520 g/mol. The number of rotatable bonds is 12. The zero-order valence-electron chi connectivity index (χ0n) is 21.2. The Morgan fingerprint density at radius 2 is 1.75 bits per heavy atom. The summed E-state index contributed by atoms with van der Waals surface area (Å²) >= 11 is 0. The highest BCUT2D eigenvalue weighted by Crippen LogP contribution is 2.34. The minimum atomic E-state index is -4.12. The lowest BCUT2D eigenvalue weighted by Crippen LogP contribution is -2.53. The highest BCUT2D eigenvalue weighted by molar-refractivity contribution is 7.89. The fourth-order valence-corrected chi connectivity index (χ4v) is 6.19. The first-order chi connectivity index (χ1) is 17.3. The van der Waals surface area contributed by atoms with Crippen molar-refractivity contribution in [2.45, 2.75) is 70.0 Å². The number of ether oxygens (including phenoxy) is 2. The molecule has 10 heteroatoms. The van der Waals surface area contributed by atoms with Crippen LogP contribution in [0.25, 0.3) is 0 Å². The summed E-state index contributed by atoms with van der Waals surface area (Å²) in [7, 11) is -4.12. The number of carbonyl (C=O) groups excluding carboxylic acids is 1. The lowest BCUT2D eigenvalue weighted by Gasteiger charge is -2.38. The van der Waals surface area contributed by atoms with Crippen molar-refractivity contribution in [2.24, 2.45) is 11.8 Å². The quantitative estimate of drug-likeness (QED) is 0.324. The Morgan fingerprint density at radius 1 is 1.11 bits per heavy atom. The van der Waals surface area contributed by atoms with Gasteiger partial charge in [0.1, 0.15) is 11.8 Å². The monoisotopic (exact) mass is 519 g/mol. The predicted molar refractivity (Wildman–Crippen MR) is 135 cm³/mol. The minimum Gasteiger partial charge on any atom is -0.494 e. The van der Waals surface area contributed by atoms with Gasteiger partial charge < -0.3 is 9.47 Å². The SMILES string of the molecule is CCOc1ccc(S(=O)(=O)N(Cc2ccncc2)C(C(=O)NO)C2CCC(OCC(C)C)CC2)cc1. The molecule has 1 aliphatic rings. The van der Waals surface area contributed by atoms with E-state index in [1.54, 1.807) is 42.1 Å². The first-order valence-electron chi connectivity index (χ1n) is 12.4. The first kappa shape index (κ1) is 28.0. The number of sulfonamides is 1. The molecule has 1 aromatic carbocycles. The number of pyridine rings is 1. The molecule has 198 valence electrons. The van der Waals surface area contributed by atoms with E-state index in [9.17, 15) is 18.4 Å². The fraction of sp³-hybridized carbons (Fsp3) is 0.538. The molecule has 2 aromatic rings. The highest BCUT2D eigenvalue weighted by Gasteiger charge is 2.42. The number of hydrogen-bond acceptors (Lipinski definition) is 7. The first-order valence-corrected chi connectivity index (χ1v) is 13.9. The number of nitrogens with zero attached hydrogens (tertiary/aromatic N) is 2. The summed E-state index contributed by atoms with van der Waals surface area (Å²) in [4.78, 5) is 17.1. The maximum absolute atomic E-state index is 13.9. The topological polar surface area (TPSA) is 118 Å². The van der Waals surface area contributed by atoms with Gasteiger partial charge in [0.05, 0.1) is 17.6 Å². The number of aromatic nitrogens is 1. The Hall–Kier alpha value is -2.53. The van der Waals surface area contributed by atoms with Crippen LogP contribution in [0, 0.1) is 11.8 Å². The third-order valence-corrected chi connectivity index (χ3v) is 8.19. The molecule has 0 saturated heterocycles. The molecule has 0 aliphatic heterocycles. The summed E-state index contributed by atoms with van der Waals surface area (Å²) in [6.45, 7) is 7.12. The van der Waals surface area contributed by atoms with E-state index in [1.165, 1.54) is 16.4 Å². The van der Waals surface area contributed by atoms with E-state index in [0.29, 0.717) is 43.3 Å². The summed E-state index contributed by atoms with van der Waals surface area (Å²) in [5, 5.41) is 9.61. The van der Waals surface area contributed by atoms with Gasteiger partial charge in [-0.05, 0) is 86.4 Å². The molecule has 1 aliphatic carbocycles. The molecule has 1 amide bonds. The van der Waals surface area contributed by atoms with Gasteiger partial charge >= 0.3 is 0 Å². The van der Waals surface area contributed by atoms with E-state index in [-0.39, 0.29) is 23.5 Å². The average Bonchev–Trinajstić information content (AvgIpc) is 2.88. The molecule has 1 atom stereocenters. The highest BCUT2D eigenvalue weighted by atomic mass is 32.2. The molecule has 0 radical (unpaired) electrons. The number of hydroxylamine groups is 1. The number of benzene rings is 1. The van der Waals surface area contributed by atoms with Crippen molar-refractivity contribution in [1.82, 2.24) is 14.8 Å². The normalized spacial score (nSPS) is 19.3. The van der Waals surface area contributed by atoms with Gasteiger partial charge in [-0.25, -0.2) is 13.9 Å². The predicted octanol–water partition coefficient (Wildman–Crippen LogP) is 3.78. The van der Waals surface area contributed by atoms with Gasteiger partial charge in [0.2, 0.25) is 10.0 Å². The van der Waals surface area contributed by atoms with Crippen LogP contribution in [0.3, 0.4) is 0 Å². The minimum absolute atomic E-state index is 0.0417. The zero-order valence-corrected chi connectivity index (χ0v) is 22.0. The standard InChI is InChI=1S/C26H37N3O6S/c1-4-34-22-9-11-24(12-10-22)36(32,33)29(17-20-13-15-27-16-14-20)25(26(30)28-31)21-5-7-23(8-6-21)35-18-19(2)3/h9-16,19,21,23,25,31H,4-8,17-18H2,1-3H3,(H,28,30). The van der Waals surface area contributed by atoms with Crippen LogP contribution in [0.1, 0.15) is 52.0 Å². The summed E-state index contributed by atoms with van der Waals surface area (Å²) in [6.07, 6.45) is 5.89. The molecule has 1 fully saturated rings. The third kappa shape index (κ3) is 7.25. The second-order valence-corrected chi connectivity index (χ2v) is 11.4. The van der Waals surface area contributed by atoms with Crippen molar-refractivity contribution < 1.29 is 27.9 Å². The second kappa shape index (κ2) is 13.1. The zero-order chi connectivity index (χ0) is 26.1. The molecule has 2 N–H and O–H groups in total. The van der Waals surface area contributed by atoms with E-state index in [0.717, 1.165) is 12.8 Å². The van der Waals surface area contributed by atoms with Crippen LogP contribution in [0.2, 0.25) is 0 Å². The lowest BCUT2D eigenvalue weighted by atomic mass is 9.82. The molecule has 9 nitrogen and oxygen atoms in total. The Labute approximate surface area is 213 Å². The van der Waals surface area contributed by atoms with Gasteiger partial charge in [0.15, 0.2) is 0 Å². The molecule has 1 unspecified atom stereocenters. The molecular formula is C26H37N3O6S. The van der Waals surface area contributed by atoms with Crippen LogP contribution in [0.15, 0.2) is 53.7 Å². The molecule has 1 saturated carbocycles. The Balaban J connectivity index is 1.93. The maximum Gasteiger partial charge on any atom is 0.262 e. The Morgan fingerprint density at radius 3 is 2.31 bits per heavy atom. The number of carbonyl (C=O) groups is 1. The molecule has 0 spiro atoms. The molecule has 1 aromatic heterocycles. The van der Waals surface area contributed by atoms with Crippen LogP contribution in [-0.4, -0.2) is 54.2 Å². The van der Waals surface area contributed by atoms with Gasteiger partial charge in [0, 0.05) is 25.5 Å². The van der Waals surface area contributed by atoms with Crippen molar-refractivity contribution in [3.05, 3.63) is 54.4 Å². The van der Waals surface area contributed by atoms with Gasteiger partial charge in [0.25, 0.3) is 5.91 Å². The Kier molecular flexibility index (Phi) is 10.2. The summed E-state index contributed by atoms with van der Waals surface area (Å²) in [5.41, 5.74) is 2.41. The second-order valence-electron chi connectivity index (χ2n) is 9.50. The van der Waals surface area contributed by atoms with E-state index in [4.69, 9.17) is 9.47 Å². The van der Waals surface area contributed by atoms with Crippen LogP contribution >= 0.6 is 0 Å². The number of nitrogens with one attached hydrogen (secondary N) is 1. The van der Waals surface area contributed by atoms with Crippen LogP contribution in [0.4, 0.5) is 0 Å². The van der Waals surface area contributed by atoms with E-state index in [1.807, 2.05) is 6.92 Å². The molecule has 0 bridgehead atoms. The van der Waals surface area contributed by atoms with Crippen LogP contribution < -0.4 is 10.2 Å². The van der Waals surface area contributed by atoms with Crippen molar-refractivity contribution >= 4 is 15.9 Å². The van der Waals surface area contributed by atoms with E-state index >= 15 is 0 Å². The van der Waals surface area contributed by atoms with E-state index < -0.39 is 22.0 Å². The smallest absolute Gasteiger partial charge is 0.262 e. The maximum atomic E-state index is 13.9. The lowest BCUT2D eigenvalue weighted by molar-refractivity contribution is -0.136. The van der Waals surface area contributed by atoms with E-state index in [2.05, 4.69) is 18.8 Å². The van der Waals surface area contributed by atoms with Crippen molar-refractivity contribution in [2.75, 3.05) is 13.2 Å². The largest absolute Gasteiger partial charge is 0.494 e. The fourth-order valence-electron chi connectivity index (χ4n) is 4.56. The van der Waals surface area contributed by atoms with Crippen LogP contribution in [-0.2, 0) is 26.1 Å². The summed E-state index contributed by atoms with van der Waals surface area (Å²) in [6, 6.07) is 8.48. The molecule has 36 heavy (non-hydrogen) atoms. The van der Waals surface area contributed by atoms with Crippen molar-refractivity contribution in [3.8, 4) is 5.75 Å². The van der Waals surface area contributed by atoms with Crippen molar-refractivity contribution in [1.29, 1.82) is 0 Å². The summed E-state index contributed by atoms with van der Waals surface area (Å²) < 4.78 is 40.5. The Bertz CT molecular complexity index is 1050. The molecule has 3 rings (SSSR count). The van der Waals surface area contributed by atoms with Crippen molar-refractivity contribution in [3.63, 3.8) is 0 Å². The van der Waals surface area contributed by atoms with Gasteiger partial charge in [-0.3, -0.25) is 15.0 Å². The number of hydrogen-bond donors (Lipinski definition) is 2. The molecule has 1 heterocycles. The molecular weight excluding hydrogens is 482 g/mol. The van der Waals surface area contributed by atoms with Crippen LogP contribution in [0.5, 0.6) is 5.75 Å². The number of amides is 1. The van der Waals surface area contributed by atoms with Gasteiger partial charge in [-0.15, -0.1) is 0 Å². The van der Waals surface area contributed by atoms with Gasteiger partial charge in [-0.2, -0.15) is 4.31 Å². The van der Waals surface area contributed by atoms with Gasteiger partial charge in [-0.1, -0.05) is 13.8 Å². The third-order valence-electron chi connectivity index (χ3n) is 6.35.